The van der Waals surface area contributed by atoms with E-state index in [-0.39, 0.29) is 0 Å². The zero-order chi connectivity index (χ0) is 31.9. The van der Waals surface area contributed by atoms with Gasteiger partial charge < -0.3 is 0 Å². The summed E-state index contributed by atoms with van der Waals surface area (Å²) >= 11 is 0. The van der Waals surface area contributed by atoms with Crippen molar-refractivity contribution < 1.29 is 0 Å². The van der Waals surface area contributed by atoms with Crippen LogP contribution in [0.3, 0.4) is 0 Å². The van der Waals surface area contributed by atoms with Crippen LogP contribution in [0.15, 0.2) is 170 Å². The molecule has 0 radical (unpaired) electrons. The Morgan fingerprint density at radius 3 is 1.52 bits per heavy atom. The van der Waals surface area contributed by atoms with Crippen LogP contribution < -0.4 is 0 Å². The zero-order valence-corrected chi connectivity index (χ0v) is 26.0. The van der Waals surface area contributed by atoms with Crippen LogP contribution in [0.4, 0.5) is 0 Å². The van der Waals surface area contributed by atoms with Crippen molar-refractivity contribution in [1.82, 2.24) is 19.9 Å². The van der Waals surface area contributed by atoms with Crippen LogP contribution in [0.2, 0.25) is 0 Å². The maximum absolute atomic E-state index is 5.38. The molecule has 0 saturated heterocycles. The van der Waals surface area contributed by atoms with Crippen LogP contribution in [0.1, 0.15) is 0 Å². The SMILES string of the molecule is c1ccc(-c2ccc3c(c2)nc(-c2cccc(-c4nc(-c5ccccc5)nc(-c5ccccc5)n4)c2)c2ccc4ccccc4c23)cc1. The molecule has 0 bridgehead atoms. The van der Waals surface area contributed by atoms with Gasteiger partial charge in [-0.25, -0.2) is 19.9 Å². The lowest BCUT2D eigenvalue weighted by Gasteiger charge is -2.14. The zero-order valence-electron chi connectivity index (χ0n) is 26.0. The van der Waals surface area contributed by atoms with Gasteiger partial charge in [0.15, 0.2) is 17.5 Å². The van der Waals surface area contributed by atoms with E-state index in [1.54, 1.807) is 0 Å². The minimum Gasteiger partial charge on any atom is -0.247 e. The maximum Gasteiger partial charge on any atom is 0.164 e. The predicted molar refractivity (Wildman–Crippen MR) is 197 cm³/mol. The summed E-state index contributed by atoms with van der Waals surface area (Å²) in [5, 5.41) is 5.87. The van der Waals surface area contributed by atoms with Crippen LogP contribution in [0.25, 0.3) is 89.0 Å². The Kier molecular flexibility index (Phi) is 6.76. The predicted octanol–water partition coefficient (Wildman–Crippen LogP) is 11.1. The first kappa shape index (κ1) is 27.8. The summed E-state index contributed by atoms with van der Waals surface area (Å²) in [6, 6.07) is 58.7. The van der Waals surface area contributed by atoms with Crippen molar-refractivity contribution >= 4 is 32.4 Å². The van der Waals surface area contributed by atoms with Crippen molar-refractivity contribution in [3.63, 3.8) is 0 Å². The van der Waals surface area contributed by atoms with E-state index >= 15 is 0 Å². The molecule has 0 unspecified atom stereocenters. The number of hydrogen-bond donors (Lipinski definition) is 0. The molecule has 0 saturated carbocycles. The highest BCUT2D eigenvalue weighted by molar-refractivity contribution is 6.22. The molecule has 2 aromatic heterocycles. The van der Waals surface area contributed by atoms with Crippen molar-refractivity contribution in [2.24, 2.45) is 0 Å². The Morgan fingerprint density at radius 1 is 0.292 bits per heavy atom. The third-order valence-electron chi connectivity index (χ3n) is 8.88. The first-order chi connectivity index (χ1) is 23.8. The molecule has 48 heavy (non-hydrogen) atoms. The fourth-order valence-corrected chi connectivity index (χ4v) is 6.55. The van der Waals surface area contributed by atoms with Crippen molar-refractivity contribution in [1.29, 1.82) is 0 Å². The molecule has 9 aromatic rings. The van der Waals surface area contributed by atoms with Crippen LogP contribution in [0.5, 0.6) is 0 Å². The molecule has 4 heteroatoms. The summed E-state index contributed by atoms with van der Waals surface area (Å²) in [6.07, 6.45) is 0. The number of rotatable bonds is 5. The Balaban J connectivity index is 1.27. The van der Waals surface area contributed by atoms with E-state index in [0.717, 1.165) is 49.8 Å². The molecule has 0 atom stereocenters. The number of fused-ring (bicyclic) bond motifs is 5. The van der Waals surface area contributed by atoms with Gasteiger partial charge in [-0.3, -0.25) is 0 Å². The van der Waals surface area contributed by atoms with E-state index in [9.17, 15) is 0 Å². The lowest BCUT2D eigenvalue weighted by atomic mass is 9.93. The fraction of sp³-hybridized carbons (Fsp3) is 0. The molecule has 0 fully saturated rings. The molecule has 0 aliphatic carbocycles. The van der Waals surface area contributed by atoms with Crippen molar-refractivity contribution in [2.75, 3.05) is 0 Å². The third-order valence-corrected chi connectivity index (χ3v) is 8.88. The number of benzene rings is 7. The van der Waals surface area contributed by atoms with E-state index in [0.29, 0.717) is 17.5 Å². The van der Waals surface area contributed by atoms with Gasteiger partial charge in [-0.05, 0) is 34.0 Å². The normalized spacial score (nSPS) is 11.3. The summed E-state index contributed by atoms with van der Waals surface area (Å²) in [7, 11) is 0. The van der Waals surface area contributed by atoms with Gasteiger partial charge in [0.05, 0.1) is 11.2 Å². The van der Waals surface area contributed by atoms with Crippen LogP contribution >= 0.6 is 0 Å². The average Bonchev–Trinajstić information content (AvgIpc) is 3.18. The number of hydrogen-bond acceptors (Lipinski definition) is 4. The molecule has 0 aliphatic rings. The standard InChI is InChI=1S/C44H28N4/c1-4-13-29(14-5-1)33-24-25-37-39(28-33)45-41(38-26-23-30-15-10-11-22-36(30)40(37)38)34-20-12-21-35(27-34)44-47-42(31-16-6-2-7-17-31)46-43(48-44)32-18-8-3-9-19-32/h1-28H. The minimum absolute atomic E-state index is 0.617. The Hall–Kier alpha value is -6.52. The monoisotopic (exact) mass is 612 g/mol. The van der Waals surface area contributed by atoms with Gasteiger partial charge in [0.25, 0.3) is 0 Å². The number of pyridine rings is 1. The summed E-state index contributed by atoms with van der Waals surface area (Å²) < 4.78 is 0. The first-order valence-corrected chi connectivity index (χ1v) is 16.1. The molecule has 0 amide bonds. The molecule has 0 aliphatic heterocycles. The maximum atomic E-state index is 5.38. The van der Waals surface area contributed by atoms with Gasteiger partial charge in [-0.15, -0.1) is 0 Å². The Morgan fingerprint density at radius 2 is 0.833 bits per heavy atom. The van der Waals surface area contributed by atoms with Crippen molar-refractivity contribution in [2.45, 2.75) is 0 Å². The molecule has 0 spiro atoms. The van der Waals surface area contributed by atoms with Gasteiger partial charge >= 0.3 is 0 Å². The lowest BCUT2D eigenvalue weighted by molar-refractivity contribution is 1.07. The van der Waals surface area contributed by atoms with E-state index < -0.39 is 0 Å². The quantitative estimate of drug-likeness (QED) is 0.181. The largest absolute Gasteiger partial charge is 0.247 e. The number of aromatic nitrogens is 4. The van der Waals surface area contributed by atoms with Gasteiger partial charge in [0.2, 0.25) is 0 Å². The molecule has 2 heterocycles. The lowest BCUT2D eigenvalue weighted by Crippen LogP contribution is -2.00. The van der Waals surface area contributed by atoms with Crippen LogP contribution in [-0.2, 0) is 0 Å². The van der Waals surface area contributed by atoms with Gasteiger partial charge in [-0.2, -0.15) is 0 Å². The Labute approximate surface area is 278 Å². The topological polar surface area (TPSA) is 51.6 Å². The number of nitrogens with zero attached hydrogens (tertiary/aromatic N) is 4. The minimum atomic E-state index is 0.617. The van der Waals surface area contributed by atoms with E-state index in [2.05, 4.69) is 103 Å². The molecule has 7 aromatic carbocycles. The summed E-state index contributed by atoms with van der Waals surface area (Å²) in [5.41, 5.74) is 7.98. The highest BCUT2D eigenvalue weighted by Crippen LogP contribution is 2.39. The summed E-state index contributed by atoms with van der Waals surface area (Å²) in [5.74, 6) is 1.89. The summed E-state index contributed by atoms with van der Waals surface area (Å²) in [6.45, 7) is 0. The smallest absolute Gasteiger partial charge is 0.164 e. The average molecular weight is 613 g/mol. The molecule has 0 N–H and O–H groups in total. The molecular weight excluding hydrogens is 585 g/mol. The highest BCUT2D eigenvalue weighted by atomic mass is 15.0. The second kappa shape index (κ2) is 11.7. The first-order valence-electron chi connectivity index (χ1n) is 16.1. The molecule has 224 valence electrons. The van der Waals surface area contributed by atoms with Gasteiger partial charge in [-0.1, -0.05) is 158 Å². The van der Waals surface area contributed by atoms with E-state index in [1.807, 2.05) is 66.7 Å². The van der Waals surface area contributed by atoms with Crippen molar-refractivity contribution in [3.05, 3.63) is 170 Å². The molecular formula is C44H28N4. The van der Waals surface area contributed by atoms with Gasteiger partial charge in [0, 0.05) is 38.4 Å². The van der Waals surface area contributed by atoms with E-state index in [4.69, 9.17) is 19.9 Å². The van der Waals surface area contributed by atoms with E-state index in [1.165, 1.54) is 21.7 Å². The third kappa shape index (κ3) is 4.97. The second-order valence-electron chi connectivity index (χ2n) is 11.9. The fourth-order valence-electron chi connectivity index (χ4n) is 6.55. The van der Waals surface area contributed by atoms with Crippen molar-refractivity contribution in [3.8, 4) is 56.5 Å². The summed E-state index contributed by atoms with van der Waals surface area (Å²) in [4.78, 5) is 20.2. The second-order valence-corrected chi connectivity index (χ2v) is 11.9. The van der Waals surface area contributed by atoms with Gasteiger partial charge in [0.1, 0.15) is 0 Å². The molecule has 4 nitrogen and oxygen atoms in total. The molecule has 9 rings (SSSR count). The van der Waals surface area contributed by atoms with Crippen LogP contribution in [0, 0.1) is 0 Å². The Bertz CT molecular complexity index is 2540. The highest BCUT2D eigenvalue weighted by Gasteiger charge is 2.17. The van der Waals surface area contributed by atoms with Crippen LogP contribution in [-0.4, -0.2) is 19.9 Å².